The molecule has 1 aromatic rings. The van der Waals surface area contributed by atoms with Gasteiger partial charge in [-0.05, 0) is 52.7 Å². The van der Waals surface area contributed by atoms with Gasteiger partial charge in [-0.3, -0.25) is 9.69 Å². The van der Waals surface area contributed by atoms with Gasteiger partial charge < -0.3 is 5.32 Å². The number of nitrogens with one attached hydrogen (secondary N) is 1. The molecule has 7 heteroatoms. The number of hydrogen-bond donors (Lipinski definition) is 1. The lowest BCUT2D eigenvalue weighted by molar-refractivity contribution is -0.128. The van der Waals surface area contributed by atoms with Gasteiger partial charge in [0.15, 0.2) is 0 Å². The van der Waals surface area contributed by atoms with Crippen molar-refractivity contribution in [3.8, 4) is 0 Å². The SMILES string of the molecule is CCC(C)(C)NC(=O)C(C)N1CCN(S(=O)(=O)c2ccc(C)cc2C)CC1. The van der Waals surface area contributed by atoms with Crippen LogP contribution >= 0.6 is 0 Å². The molecular weight excluding hydrogens is 362 g/mol. The summed E-state index contributed by atoms with van der Waals surface area (Å²) >= 11 is 0. The van der Waals surface area contributed by atoms with Crippen LogP contribution in [-0.2, 0) is 14.8 Å². The lowest BCUT2D eigenvalue weighted by atomic mass is 10.0. The topological polar surface area (TPSA) is 69.7 Å². The van der Waals surface area contributed by atoms with Crippen molar-refractivity contribution in [1.29, 1.82) is 0 Å². The minimum atomic E-state index is -3.51. The Balaban J connectivity index is 2.03. The van der Waals surface area contributed by atoms with Crippen LogP contribution in [0.3, 0.4) is 0 Å². The van der Waals surface area contributed by atoms with Gasteiger partial charge in [-0.25, -0.2) is 8.42 Å². The quantitative estimate of drug-likeness (QED) is 0.802. The Labute approximate surface area is 164 Å². The number of amides is 1. The van der Waals surface area contributed by atoms with Crippen molar-refractivity contribution in [3.05, 3.63) is 29.3 Å². The van der Waals surface area contributed by atoms with E-state index in [2.05, 4.69) is 10.2 Å². The second kappa shape index (κ2) is 8.29. The summed E-state index contributed by atoms with van der Waals surface area (Å²) < 4.78 is 27.5. The first-order valence-corrected chi connectivity index (χ1v) is 11.1. The van der Waals surface area contributed by atoms with Crippen LogP contribution in [-0.4, -0.2) is 61.3 Å². The molecular formula is C20H33N3O3S. The van der Waals surface area contributed by atoms with Crippen LogP contribution in [0.1, 0.15) is 45.2 Å². The fourth-order valence-electron chi connectivity index (χ4n) is 3.25. The summed E-state index contributed by atoms with van der Waals surface area (Å²) in [6, 6.07) is 5.14. The summed E-state index contributed by atoms with van der Waals surface area (Å²) in [5.74, 6) is -0.00691. The van der Waals surface area contributed by atoms with E-state index in [0.717, 1.165) is 17.5 Å². The molecule has 1 amide bonds. The van der Waals surface area contributed by atoms with Crippen molar-refractivity contribution in [3.63, 3.8) is 0 Å². The number of hydrogen-bond acceptors (Lipinski definition) is 4. The van der Waals surface area contributed by atoms with Gasteiger partial charge in [0.1, 0.15) is 0 Å². The van der Waals surface area contributed by atoms with E-state index in [4.69, 9.17) is 0 Å². The summed E-state index contributed by atoms with van der Waals surface area (Å²) in [5, 5.41) is 3.07. The molecule has 2 rings (SSSR count). The second-order valence-electron chi connectivity index (χ2n) is 8.11. The van der Waals surface area contributed by atoms with Gasteiger partial charge in [-0.2, -0.15) is 4.31 Å². The molecule has 1 N–H and O–H groups in total. The predicted molar refractivity (Wildman–Crippen MR) is 108 cm³/mol. The molecule has 152 valence electrons. The average molecular weight is 396 g/mol. The van der Waals surface area contributed by atoms with Crippen LogP contribution in [0.2, 0.25) is 0 Å². The molecule has 0 bridgehead atoms. The van der Waals surface area contributed by atoms with Crippen LogP contribution in [0.4, 0.5) is 0 Å². The summed E-state index contributed by atoms with van der Waals surface area (Å²) in [6.45, 7) is 13.6. The highest BCUT2D eigenvalue weighted by Gasteiger charge is 2.33. The Kier molecular flexibility index (Phi) is 6.71. The first-order chi connectivity index (χ1) is 12.5. The summed E-state index contributed by atoms with van der Waals surface area (Å²) in [6.07, 6.45) is 0.855. The van der Waals surface area contributed by atoms with Crippen LogP contribution in [0.5, 0.6) is 0 Å². The van der Waals surface area contributed by atoms with Gasteiger partial charge in [0, 0.05) is 31.7 Å². The minimum Gasteiger partial charge on any atom is -0.350 e. The third kappa shape index (κ3) is 5.09. The normalized spacial score (nSPS) is 18.3. The first-order valence-electron chi connectivity index (χ1n) is 9.61. The van der Waals surface area contributed by atoms with E-state index in [1.165, 1.54) is 4.31 Å². The van der Waals surface area contributed by atoms with E-state index >= 15 is 0 Å². The standard InChI is InChI=1S/C20H33N3O3S/c1-7-20(5,6)21-19(24)17(4)22-10-12-23(13-11-22)27(25,26)18-9-8-15(2)14-16(18)3/h8-9,14,17H,7,10-13H2,1-6H3,(H,21,24). The molecule has 1 aliphatic heterocycles. The van der Waals surface area contributed by atoms with Gasteiger partial charge in [0.25, 0.3) is 0 Å². The van der Waals surface area contributed by atoms with E-state index < -0.39 is 10.0 Å². The summed E-state index contributed by atoms with van der Waals surface area (Å²) in [4.78, 5) is 14.9. The highest BCUT2D eigenvalue weighted by atomic mass is 32.2. The number of benzene rings is 1. The average Bonchev–Trinajstić information content (AvgIpc) is 2.60. The highest BCUT2D eigenvalue weighted by molar-refractivity contribution is 7.89. The number of carbonyl (C=O) groups is 1. The van der Waals surface area contributed by atoms with Gasteiger partial charge in [-0.15, -0.1) is 0 Å². The highest BCUT2D eigenvalue weighted by Crippen LogP contribution is 2.22. The second-order valence-corrected chi connectivity index (χ2v) is 10.0. The number of carbonyl (C=O) groups excluding carboxylic acids is 1. The zero-order chi connectivity index (χ0) is 20.4. The van der Waals surface area contributed by atoms with Crippen LogP contribution in [0.25, 0.3) is 0 Å². The Morgan fingerprint density at radius 2 is 1.78 bits per heavy atom. The molecule has 0 radical (unpaired) electrons. The Morgan fingerprint density at radius 1 is 1.19 bits per heavy atom. The number of sulfonamides is 1. The van der Waals surface area contributed by atoms with Gasteiger partial charge in [0.05, 0.1) is 10.9 Å². The Hall–Kier alpha value is -1.44. The van der Waals surface area contributed by atoms with Crippen molar-refractivity contribution in [2.24, 2.45) is 0 Å². The van der Waals surface area contributed by atoms with Gasteiger partial charge in [0.2, 0.25) is 15.9 Å². The van der Waals surface area contributed by atoms with Crippen molar-refractivity contribution in [2.45, 2.75) is 64.4 Å². The van der Waals surface area contributed by atoms with Crippen LogP contribution in [0.15, 0.2) is 23.1 Å². The first kappa shape index (κ1) is 21.9. The molecule has 0 aromatic heterocycles. The molecule has 1 aliphatic rings. The zero-order valence-corrected chi connectivity index (χ0v) is 18.2. The molecule has 1 fully saturated rings. The van der Waals surface area contributed by atoms with E-state index in [9.17, 15) is 13.2 Å². The third-order valence-corrected chi connectivity index (χ3v) is 7.55. The number of nitrogens with zero attached hydrogens (tertiary/aromatic N) is 2. The van der Waals surface area contributed by atoms with Crippen molar-refractivity contribution < 1.29 is 13.2 Å². The third-order valence-electron chi connectivity index (χ3n) is 5.49. The Morgan fingerprint density at radius 3 is 2.30 bits per heavy atom. The van der Waals surface area contributed by atoms with Crippen molar-refractivity contribution in [2.75, 3.05) is 26.2 Å². The largest absolute Gasteiger partial charge is 0.350 e. The number of rotatable bonds is 6. The van der Waals surface area contributed by atoms with Gasteiger partial charge >= 0.3 is 0 Å². The van der Waals surface area contributed by atoms with E-state index in [-0.39, 0.29) is 17.5 Å². The molecule has 1 heterocycles. The molecule has 0 spiro atoms. The molecule has 1 unspecified atom stereocenters. The maximum absolute atomic E-state index is 13.0. The molecule has 27 heavy (non-hydrogen) atoms. The maximum atomic E-state index is 13.0. The van der Waals surface area contributed by atoms with Crippen molar-refractivity contribution in [1.82, 2.24) is 14.5 Å². The monoisotopic (exact) mass is 395 g/mol. The minimum absolute atomic E-state index is 0.00691. The smallest absolute Gasteiger partial charge is 0.243 e. The van der Waals surface area contributed by atoms with Crippen LogP contribution in [0, 0.1) is 13.8 Å². The Bertz CT molecular complexity index is 782. The summed E-state index contributed by atoms with van der Waals surface area (Å²) in [5.41, 5.74) is 1.58. The molecule has 1 aromatic carbocycles. The fourth-order valence-corrected chi connectivity index (χ4v) is 4.88. The number of aryl methyl sites for hydroxylation is 2. The molecule has 0 aliphatic carbocycles. The van der Waals surface area contributed by atoms with Crippen molar-refractivity contribution >= 4 is 15.9 Å². The predicted octanol–water partition coefficient (Wildman–Crippen LogP) is 2.30. The lowest BCUT2D eigenvalue weighted by Crippen LogP contribution is -2.57. The molecule has 0 saturated carbocycles. The molecule has 6 nitrogen and oxygen atoms in total. The maximum Gasteiger partial charge on any atom is 0.243 e. The zero-order valence-electron chi connectivity index (χ0n) is 17.4. The fraction of sp³-hybridized carbons (Fsp3) is 0.650. The number of piperazine rings is 1. The van der Waals surface area contributed by atoms with E-state index in [1.807, 2.05) is 53.7 Å². The summed E-state index contributed by atoms with van der Waals surface area (Å²) in [7, 11) is -3.51. The molecule has 1 saturated heterocycles. The molecule has 1 atom stereocenters. The van der Waals surface area contributed by atoms with E-state index in [0.29, 0.717) is 31.1 Å². The van der Waals surface area contributed by atoms with Crippen LogP contribution < -0.4 is 5.32 Å². The van der Waals surface area contributed by atoms with Gasteiger partial charge in [-0.1, -0.05) is 24.6 Å². The lowest BCUT2D eigenvalue weighted by Gasteiger charge is -2.38. The van der Waals surface area contributed by atoms with E-state index in [1.54, 1.807) is 6.07 Å².